The highest BCUT2D eigenvalue weighted by Gasteiger charge is 2.55. The fraction of sp³-hybridized carbons (Fsp3) is 0.745. The number of ether oxygens (including phenoxy) is 5. The third kappa shape index (κ3) is 14.3. The van der Waals surface area contributed by atoms with Gasteiger partial charge in [0.15, 0.2) is 5.78 Å². The maximum atomic E-state index is 14.6. The van der Waals surface area contributed by atoms with Crippen molar-refractivity contribution in [2.75, 3.05) is 27.9 Å². The molecular weight excluding hydrogens is 835 g/mol. The second-order valence-electron chi connectivity index (χ2n) is 19.6. The third-order valence-corrected chi connectivity index (χ3v) is 14.4. The summed E-state index contributed by atoms with van der Waals surface area (Å²) in [7, 11) is 4.51. The summed E-state index contributed by atoms with van der Waals surface area (Å²) in [5.74, 6) is -8.01. The summed E-state index contributed by atoms with van der Waals surface area (Å²) >= 11 is 0. The van der Waals surface area contributed by atoms with Crippen LogP contribution in [0, 0.1) is 35.5 Å². The Bertz CT molecular complexity index is 1760. The predicted octanol–water partition coefficient (Wildman–Crippen LogP) is 6.18. The number of hydrogen-bond donors (Lipinski definition) is 3. The van der Waals surface area contributed by atoms with E-state index in [1.165, 1.54) is 12.0 Å². The molecule has 65 heavy (non-hydrogen) atoms. The lowest BCUT2D eigenvalue weighted by Gasteiger charge is -2.40. The van der Waals surface area contributed by atoms with Crippen LogP contribution in [0.4, 0.5) is 0 Å². The van der Waals surface area contributed by atoms with Crippen molar-refractivity contribution in [3.63, 3.8) is 0 Å². The number of nitrogens with zero attached hydrogens (tertiary/aromatic N) is 1. The van der Waals surface area contributed by atoms with E-state index in [2.05, 4.69) is 0 Å². The lowest BCUT2D eigenvalue weighted by molar-refractivity contribution is -0.231. The normalized spacial score (nSPS) is 37.8. The Hall–Kier alpha value is -3.37. The number of rotatable bonds is 6. The van der Waals surface area contributed by atoms with Crippen LogP contribution in [0.2, 0.25) is 0 Å². The molecule has 0 aromatic rings. The van der Waals surface area contributed by atoms with Gasteiger partial charge in [0.05, 0.1) is 24.4 Å². The summed E-state index contributed by atoms with van der Waals surface area (Å²) < 4.78 is 29.5. The topological polar surface area (TPSA) is 195 Å². The van der Waals surface area contributed by atoms with Gasteiger partial charge in [-0.1, -0.05) is 71.1 Å². The summed E-state index contributed by atoms with van der Waals surface area (Å²) in [6.45, 7) is 12.7. The van der Waals surface area contributed by atoms with E-state index in [0.29, 0.717) is 56.9 Å². The molecule has 2 saturated heterocycles. The first-order valence-corrected chi connectivity index (χ1v) is 23.9. The zero-order valence-corrected chi connectivity index (χ0v) is 40.6. The molecule has 1 unspecified atom stereocenters. The van der Waals surface area contributed by atoms with Gasteiger partial charge in [-0.3, -0.25) is 19.2 Å². The molecule has 0 aromatic heterocycles. The molecule has 15 atom stereocenters. The summed E-state index contributed by atoms with van der Waals surface area (Å²) in [6.07, 6.45) is 10.7. The second-order valence-corrected chi connectivity index (χ2v) is 19.6. The van der Waals surface area contributed by atoms with Crippen LogP contribution in [-0.4, -0.2) is 132 Å². The van der Waals surface area contributed by atoms with E-state index in [-0.39, 0.29) is 61.2 Å². The first-order chi connectivity index (χ1) is 30.7. The highest BCUT2D eigenvalue weighted by Crippen LogP contribution is 2.36. The Morgan fingerprint density at radius 2 is 1.55 bits per heavy atom. The number of Topliss-reactive ketones (excluding diaryl/α,β-unsaturated/α-hetero) is 3. The zero-order chi connectivity index (χ0) is 48.2. The van der Waals surface area contributed by atoms with Crippen LogP contribution in [0.3, 0.4) is 0 Å². The van der Waals surface area contributed by atoms with Gasteiger partial charge in [-0.25, -0.2) is 4.79 Å². The molecule has 4 rings (SSSR count). The number of esters is 1. The van der Waals surface area contributed by atoms with Crippen molar-refractivity contribution in [3.8, 4) is 0 Å². The number of cyclic esters (lactones) is 1. The molecule has 366 valence electrons. The minimum Gasteiger partial charge on any atom is -0.460 e. The molecule has 1 aliphatic carbocycles. The second kappa shape index (κ2) is 25.1. The van der Waals surface area contributed by atoms with Crippen molar-refractivity contribution in [2.24, 2.45) is 35.5 Å². The molecule has 0 spiro atoms. The number of carbonyl (C=O) groups is 5. The maximum absolute atomic E-state index is 14.6. The van der Waals surface area contributed by atoms with Gasteiger partial charge in [0.2, 0.25) is 5.78 Å². The van der Waals surface area contributed by atoms with Crippen LogP contribution in [0.15, 0.2) is 47.6 Å². The number of piperidine rings is 1. The molecule has 3 fully saturated rings. The van der Waals surface area contributed by atoms with E-state index >= 15 is 0 Å². The van der Waals surface area contributed by atoms with Gasteiger partial charge in [-0.05, 0) is 107 Å². The van der Waals surface area contributed by atoms with Gasteiger partial charge in [0.1, 0.15) is 30.1 Å². The molecule has 1 amide bonds. The lowest BCUT2D eigenvalue weighted by atomic mass is 9.78. The minimum absolute atomic E-state index is 0.0147. The zero-order valence-electron chi connectivity index (χ0n) is 40.6. The van der Waals surface area contributed by atoms with Gasteiger partial charge in [0.25, 0.3) is 5.91 Å². The molecule has 0 radical (unpaired) electrons. The highest BCUT2D eigenvalue weighted by atomic mass is 16.6. The molecule has 1 saturated carbocycles. The minimum atomic E-state index is -2.85. The van der Waals surface area contributed by atoms with E-state index in [1.807, 2.05) is 58.1 Å². The van der Waals surface area contributed by atoms with Crippen LogP contribution < -0.4 is 0 Å². The van der Waals surface area contributed by atoms with E-state index in [1.54, 1.807) is 41.1 Å². The summed E-state index contributed by atoms with van der Waals surface area (Å²) in [5, 5.41) is 34.1. The maximum Gasteiger partial charge on any atom is 0.329 e. The third-order valence-electron chi connectivity index (χ3n) is 14.4. The standard InChI is InChI=1S/C51H79NO13/c1-30-16-12-11-13-17-31(2)42(61-8)28-38-21-19-32(3)48(57)51(60,65-38)50(59)52-23-15-14-18-39(52)49(58)64-43(34(5)26-37-20-22-40(53)44(27-37)62-9)29-41(54)33(4)25-36(7)46(56)47(63-10)45(55)35(6)24-30/h11-13,16-17,25,30,32-35,37-40,42-44,46-47,53,56,60H,14-15,18-24,26-29H2,1-10H3/t30-,32-,33-,34-,35-,37+,38+,39+,40-,42+,43+,44-,46-,47+,51?/m1/s1. The monoisotopic (exact) mass is 914 g/mol. The number of amides is 1. The van der Waals surface area contributed by atoms with Gasteiger partial charge < -0.3 is 43.9 Å². The quantitative estimate of drug-likeness (QED) is 0.156. The molecule has 3 N–H and O–H groups in total. The van der Waals surface area contributed by atoms with Gasteiger partial charge >= 0.3 is 11.8 Å². The predicted molar refractivity (Wildman–Crippen MR) is 245 cm³/mol. The number of allylic oxidation sites excluding steroid dienone is 6. The van der Waals surface area contributed by atoms with E-state index in [0.717, 1.165) is 12.0 Å². The fourth-order valence-electron chi connectivity index (χ4n) is 10.1. The highest BCUT2D eigenvalue weighted by molar-refractivity contribution is 6.09. The number of methoxy groups -OCH3 is 3. The van der Waals surface area contributed by atoms with Crippen LogP contribution in [0.5, 0.6) is 0 Å². The first kappa shape index (κ1) is 54.2. The average molecular weight is 914 g/mol. The smallest absolute Gasteiger partial charge is 0.329 e. The van der Waals surface area contributed by atoms with Crippen molar-refractivity contribution in [3.05, 3.63) is 47.6 Å². The Labute approximate surface area is 387 Å². The van der Waals surface area contributed by atoms with E-state index < -0.39 is 83.9 Å². The summed E-state index contributed by atoms with van der Waals surface area (Å²) in [6, 6.07) is -1.16. The number of carbonyl (C=O) groups excluding carboxylic acids is 5. The van der Waals surface area contributed by atoms with Crippen molar-refractivity contribution >= 4 is 29.2 Å². The van der Waals surface area contributed by atoms with Crippen LogP contribution in [-0.2, 0) is 47.7 Å². The van der Waals surface area contributed by atoms with E-state index in [4.69, 9.17) is 23.7 Å². The first-order valence-electron chi connectivity index (χ1n) is 23.9. The molecule has 0 aromatic carbocycles. The largest absolute Gasteiger partial charge is 0.460 e. The van der Waals surface area contributed by atoms with Crippen molar-refractivity contribution < 1.29 is 63.0 Å². The van der Waals surface area contributed by atoms with Crippen LogP contribution in [0.1, 0.15) is 126 Å². The average Bonchev–Trinajstić information content (AvgIpc) is 3.39. The number of aliphatic hydroxyl groups is 3. The Kier molecular flexibility index (Phi) is 21.0. The van der Waals surface area contributed by atoms with Gasteiger partial charge in [-0.2, -0.15) is 0 Å². The van der Waals surface area contributed by atoms with Crippen LogP contribution in [0.25, 0.3) is 0 Å². The van der Waals surface area contributed by atoms with Gasteiger partial charge in [0, 0.05) is 58.5 Å². The summed E-state index contributed by atoms with van der Waals surface area (Å²) in [5.41, 5.74) is 1.24. The van der Waals surface area contributed by atoms with Crippen molar-refractivity contribution in [2.45, 2.75) is 180 Å². The van der Waals surface area contributed by atoms with Gasteiger partial charge in [-0.15, -0.1) is 0 Å². The Morgan fingerprint density at radius 3 is 2.23 bits per heavy atom. The van der Waals surface area contributed by atoms with Crippen molar-refractivity contribution in [1.29, 1.82) is 0 Å². The molecule has 14 heteroatoms. The number of ketones is 3. The molecule has 4 aliphatic rings. The fourth-order valence-corrected chi connectivity index (χ4v) is 10.1. The molecule has 2 bridgehead atoms. The Balaban J connectivity index is 1.74. The Morgan fingerprint density at radius 1 is 0.831 bits per heavy atom. The molecular formula is C51H79NO13. The summed E-state index contributed by atoms with van der Waals surface area (Å²) in [4.78, 5) is 72.1. The lowest BCUT2D eigenvalue weighted by Crippen LogP contribution is -2.62. The molecule has 14 nitrogen and oxygen atoms in total. The molecule has 3 aliphatic heterocycles. The SMILES string of the molecule is CO[C@H]1C[C@@H]2CC[C@@H](C)C(=O)C(O)(O2)C(=O)N2CCCC[C@H]2C(=O)O[C@H]([C@H](C)C[C@@H]2CC[C@@H](O)[C@H](OC)C2)CC(=O)[C@H](C)C=C(C)[C@@H](O)[C@@H](OC)C(=O)[C@H](C)C[C@H](C)C=CC=CC=C1C. The van der Waals surface area contributed by atoms with Crippen LogP contribution >= 0.6 is 0 Å². The van der Waals surface area contributed by atoms with E-state index in [9.17, 15) is 39.3 Å². The number of fused-ring (bicyclic) bond motifs is 3. The number of aliphatic hydroxyl groups excluding tert-OH is 2. The number of hydrogen-bond acceptors (Lipinski definition) is 13. The molecule has 3 heterocycles. The van der Waals surface area contributed by atoms with Crippen molar-refractivity contribution in [1.82, 2.24) is 4.90 Å².